The number of carbonyl (C=O) groups is 3. The van der Waals surface area contributed by atoms with Crippen LogP contribution >= 0.6 is 35.4 Å². The predicted molar refractivity (Wildman–Crippen MR) is 96.7 cm³/mol. The van der Waals surface area contributed by atoms with Crippen molar-refractivity contribution in [2.24, 2.45) is 0 Å². The van der Waals surface area contributed by atoms with Crippen molar-refractivity contribution >= 4 is 58.3 Å². The number of thiocarbonyl (C=S) groups is 1. The Balaban J connectivity index is 2.12. The van der Waals surface area contributed by atoms with E-state index in [2.05, 4.69) is 15.4 Å². The molecule has 0 radical (unpaired) electrons. The van der Waals surface area contributed by atoms with E-state index in [1.807, 2.05) is 0 Å². The first kappa shape index (κ1) is 19.4. The van der Waals surface area contributed by atoms with Crippen LogP contribution < -0.4 is 10.6 Å². The number of halogens is 2. The van der Waals surface area contributed by atoms with Crippen LogP contribution in [0.15, 0.2) is 18.2 Å². The third-order valence-electron chi connectivity index (χ3n) is 3.58. The Kier molecular flexibility index (Phi) is 6.57. The summed E-state index contributed by atoms with van der Waals surface area (Å²) in [7, 11) is 1.23. The third kappa shape index (κ3) is 4.81. The Morgan fingerprint density at radius 3 is 2.80 bits per heavy atom. The van der Waals surface area contributed by atoms with Crippen molar-refractivity contribution in [3.05, 3.63) is 33.8 Å². The molecule has 134 valence electrons. The zero-order chi connectivity index (χ0) is 18.6. The van der Waals surface area contributed by atoms with Crippen molar-refractivity contribution in [3.63, 3.8) is 0 Å². The van der Waals surface area contributed by atoms with E-state index in [0.717, 1.165) is 0 Å². The number of ether oxygens (including phenoxy) is 1. The Labute approximate surface area is 159 Å². The Morgan fingerprint density at radius 1 is 1.44 bits per heavy atom. The first-order valence-corrected chi connectivity index (χ1v) is 8.41. The van der Waals surface area contributed by atoms with E-state index < -0.39 is 17.9 Å². The number of rotatable bonds is 3. The highest BCUT2D eigenvalue weighted by Crippen LogP contribution is 2.21. The van der Waals surface area contributed by atoms with Gasteiger partial charge in [0.15, 0.2) is 5.11 Å². The molecule has 1 aliphatic rings. The molecule has 0 bridgehead atoms. The smallest absolute Gasteiger partial charge is 0.308 e. The van der Waals surface area contributed by atoms with Crippen LogP contribution in [0, 0.1) is 0 Å². The fraction of sp³-hybridized carbons (Fsp3) is 0.333. The number of piperazine rings is 1. The van der Waals surface area contributed by atoms with Gasteiger partial charge in [-0.25, -0.2) is 0 Å². The minimum absolute atomic E-state index is 0.0276. The van der Waals surface area contributed by atoms with Crippen molar-refractivity contribution in [2.75, 3.05) is 20.2 Å². The van der Waals surface area contributed by atoms with Gasteiger partial charge in [-0.3, -0.25) is 19.7 Å². The van der Waals surface area contributed by atoms with Crippen molar-refractivity contribution < 1.29 is 19.1 Å². The molecule has 1 atom stereocenters. The number of hydrogen-bond donors (Lipinski definition) is 2. The Bertz CT molecular complexity index is 729. The molecular weight excluding hydrogens is 389 g/mol. The van der Waals surface area contributed by atoms with Gasteiger partial charge in [0.1, 0.15) is 6.04 Å². The summed E-state index contributed by atoms with van der Waals surface area (Å²) in [4.78, 5) is 37.4. The van der Waals surface area contributed by atoms with Gasteiger partial charge < -0.3 is 15.0 Å². The number of esters is 1. The fourth-order valence-electron chi connectivity index (χ4n) is 2.31. The summed E-state index contributed by atoms with van der Waals surface area (Å²) in [5, 5.41) is 5.78. The summed E-state index contributed by atoms with van der Waals surface area (Å²) in [6.45, 7) is 0.690. The Hall–Kier alpha value is -1.90. The van der Waals surface area contributed by atoms with Gasteiger partial charge in [0.2, 0.25) is 5.91 Å². The average molecular weight is 404 g/mol. The molecule has 1 saturated heterocycles. The van der Waals surface area contributed by atoms with Crippen LogP contribution in [0.2, 0.25) is 10.0 Å². The van der Waals surface area contributed by atoms with Gasteiger partial charge in [0.05, 0.1) is 24.1 Å². The van der Waals surface area contributed by atoms with Crippen molar-refractivity contribution in [1.29, 1.82) is 0 Å². The first-order valence-electron chi connectivity index (χ1n) is 7.25. The summed E-state index contributed by atoms with van der Waals surface area (Å²) < 4.78 is 4.60. The number of methoxy groups -OCH3 is 1. The average Bonchev–Trinajstić information content (AvgIpc) is 2.56. The SMILES string of the molecule is COC(=O)CC1C(=O)NCCN1C(=S)NC(=O)c1ccc(Cl)cc1Cl. The van der Waals surface area contributed by atoms with Crippen molar-refractivity contribution in [2.45, 2.75) is 12.5 Å². The molecule has 2 N–H and O–H groups in total. The molecule has 1 aromatic carbocycles. The standard InChI is InChI=1S/C15H15Cl2N3O4S/c1-24-12(21)7-11-14(23)18-4-5-20(11)15(25)19-13(22)9-3-2-8(16)6-10(9)17/h2-3,6,11H,4-5,7H2,1H3,(H,18,23)(H,19,22,25). The number of nitrogens with zero attached hydrogens (tertiary/aromatic N) is 1. The maximum atomic E-state index is 12.4. The topological polar surface area (TPSA) is 87.7 Å². The molecule has 1 unspecified atom stereocenters. The van der Waals surface area contributed by atoms with Gasteiger partial charge in [0.25, 0.3) is 5.91 Å². The molecule has 1 fully saturated rings. The van der Waals surface area contributed by atoms with Crippen LogP contribution in [-0.2, 0) is 14.3 Å². The lowest BCUT2D eigenvalue weighted by atomic mass is 10.1. The fourth-order valence-corrected chi connectivity index (χ4v) is 3.12. The second-order valence-electron chi connectivity index (χ2n) is 5.16. The lowest BCUT2D eigenvalue weighted by Gasteiger charge is -2.36. The number of hydrogen-bond acceptors (Lipinski definition) is 5. The second kappa shape index (κ2) is 8.46. The van der Waals surface area contributed by atoms with E-state index in [9.17, 15) is 14.4 Å². The maximum absolute atomic E-state index is 12.4. The van der Waals surface area contributed by atoms with Gasteiger partial charge >= 0.3 is 5.97 Å². The van der Waals surface area contributed by atoms with E-state index in [0.29, 0.717) is 18.1 Å². The van der Waals surface area contributed by atoms with Gasteiger partial charge in [-0.1, -0.05) is 23.2 Å². The summed E-state index contributed by atoms with van der Waals surface area (Å²) in [5.74, 6) is -1.45. The van der Waals surface area contributed by atoms with E-state index in [4.69, 9.17) is 35.4 Å². The van der Waals surface area contributed by atoms with Crippen molar-refractivity contribution in [1.82, 2.24) is 15.5 Å². The van der Waals surface area contributed by atoms with Gasteiger partial charge in [-0.2, -0.15) is 0 Å². The molecule has 1 aromatic rings. The number of amides is 2. The van der Waals surface area contributed by atoms with Gasteiger partial charge in [-0.15, -0.1) is 0 Å². The zero-order valence-electron chi connectivity index (χ0n) is 13.2. The summed E-state index contributed by atoms with van der Waals surface area (Å²) >= 11 is 17.0. The highest BCUT2D eigenvalue weighted by Gasteiger charge is 2.34. The van der Waals surface area contributed by atoms with Gasteiger partial charge in [0, 0.05) is 18.1 Å². The molecule has 10 heteroatoms. The van der Waals surface area contributed by atoms with Crippen molar-refractivity contribution in [3.8, 4) is 0 Å². The number of benzene rings is 1. The second-order valence-corrected chi connectivity index (χ2v) is 6.39. The molecule has 1 aliphatic heterocycles. The minimum atomic E-state index is -0.852. The summed E-state index contributed by atoms with van der Waals surface area (Å²) in [5.41, 5.74) is 0.194. The van der Waals surface area contributed by atoms with E-state index in [1.165, 1.54) is 30.2 Å². The van der Waals surface area contributed by atoms with Crippen LogP contribution in [0.25, 0.3) is 0 Å². The summed E-state index contributed by atoms with van der Waals surface area (Å²) in [6, 6.07) is 3.59. The molecule has 7 nitrogen and oxygen atoms in total. The number of nitrogens with one attached hydrogen (secondary N) is 2. The first-order chi connectivity index (χ1) is 11.8. The largest absolute Gasteiger partial charge is 0.469 e. The number of carbonyl (C=O) groups excluding carboxylic acids is 3. The Morgan fingerprint density at radius 2 is 2.16 bits per heavy atom. The molecule has 0 aliphatic carbocycles. The highest BCUT2D eigenvalue weighted by atomic mass is 35.5. The molecule has 2 rings (SSSR count). The normalized spacial score (nSPS) is 16.8. The van der Waals surface area contributed by atoms with Crippen LogP contribution in [0.4, 0.5) is 0 Å². The van der Waals surface area contributed by atoms with Crippen LogP contribution in [0.5, 0.6) is 0 Å². The molecule has 0 spiro atoms. The molecule has 2 amide bonds. The minimum Gasteiger partial charge on any atom is -0.469 e. The molecule has 0 aromatic heterocycles. The molecular formula is C15H15Cl2N3O4S. The lowest BCUT2D eigenvalue weighted by Crippen LogP contribution is -2.60. The maximum Gasteiger partial charge on any atom is 0.308 e. The third-order valence-corrected chi connectivity index (χ3v) is 4.46. The van der Waals surface area contributed by atoms with Crippen LogP contribution in [0.1, 0.15) is 16.8 Å². The molecule has 1 heterocycles. The quantitative estimate of drug-likeness (QED) is 0.585. The zero-order valence-corrected chi connectivity index (χ0v) is 15.5. The highest BCUT2D eigenvalue weighted by molar-refractivity contribution is 7.80. The van der Waals surface area contributed by atoms with E-state index in [-0.39, 0.29) is 28.0 Å². The predicted octanol–water partition coefficient (Wildman–Crippen LogP) is 1.37. The van der Waals surface area contributed by atoms with Crippen LogP contribution in [-0.4, -0.2) is 54.0 Å². The monoisotopic (exact) mass is 403 g/mol. The molecule has 0 saturated carbocycles. The van der Waals surface area contributed by atoms with Crippen LogP contribution in [0.3, 0.4) is 0 Å². The van der Waals surface area contributed by atoms with E-state index in [1.54, 1.807) is 0 Å². The van der Waals surface area contributed by atoms with Gasteiger partial charge in [-0.05, 0) is 30.4 Å². The summed E-state index contributed by atoms with van der Waals surface area (Å²) in [6.07, 6.45) is -0.181. The van der Waals surface area contributed by atoms with E-state index >= 15 is 0 Å². The molecule has 25 heavy (non-hydrogen) atoms. The lowest BCUT2D eigenvalue weighted by molar-refractivity contribution is -0.144.